The molecular formula is C11H12FN3O5. The van der Waals surface area contributed by atoms with Crippen LogP contribution in [0, 0.1) is 11.8 Å². The lowest BCUT2D eigenvalue weighted by Gasteiger charge is -2.23. The second-order valence-corrected chi connectivity index (χ2v) is 4.01. The van der Waals surface area contributed by atoms with Crippen LogP contribution in [-0.2, 0) is 4.74 Å². The minimum atomic E-state index is -3.08. The average molecular weight is 287 g/mol. The summed E-state index contributed by atoms with van der Waals surface area (Å²) in [6, 6.07) is 0. The van der Waals surface area contributed by atoms with Crippen molar-refractivity contribution in [3.63, 3.8) is 0 Å². The Hall–Kier alpha value is -2.02. The van der Waals surface area contributed by atoms with E-state index in [0.717, 1.165) is 0 Å². The molecule has 1 fully saturated rings. The third-order valence-electron chi connectivity index (χ3n) is 2.80. The Morgan fingerprint density at radius 1 is 1.75 bits per heavy atom. The first-order chi connectivity index (χ1) is 10.1. The monoisotopic (exact) mass is 287 g/mol. The molecule has 2 heterocycles. The number of aromatic nitrogens is 3. The summed E-state index contributed by atoms with van der Waals surface area (Å²) in [5.41, 5.74) is -4.95. The van der Waals surface area contributed by atoms with E-state index in [1.165, 1.54) is 6.92 Å². The molecule has 8 nitrogen and oxygen atoms in total. The lowest BCUT2D eigenvalue weighted by molar-refractivity contribution is -0.0549. The van der Waals surface area contributed by atoms with Crippen LogP contribution in [0.15, 0.2) is 15.9 Å². The molecule has 0 spiro atoms. The van der Waals surface area contributed by atoms with Gasteiger partial charge in [-0.3, -0.25) is 9.55 Å². The lowest BCUT2D eigenvalue weighted by atomic mass is 9.96. The highest BCUT2D eigenvalue weighted by Gasteiger charge is 2.57. The minimum absolute atomic E-state index is 0.515. The number of hydrogen-bond acceptors (Lipinski definition) is 6. The summed E-state index contributed by atoms with van der Waals surface area (Å²) in [4.78, 5) is 27.7. The van der Waals surface area contributed by atoms with Gasteiger partial charge >= 0.3 is 11.4 Å². The summed E-state index contributed by atoms with van der Waals surface area (Å²) in [7, 11) is 0. The molecule has 0 aromatic carbocycles. The van der Waals surface area contributed by atoms with E-state index in [1.807, 2.05) is 5.92 Å². The SMILES string of the molecule is [2H]C([2H])(O)[C@H]1O[C@@H](n2cnc(=O)[nH]c2=O)C(F)(C#CC)[C@H]1O. The Morgan fingerprint density at radius 3 is 3.00 bits per heavy atom. The fraction of sp³-hybridized carbons (Fsp3) is 0.545. The molecule has 0 aliphatic carbocycles. The molecule has 1 aromatic heterocycles. The van der Waals surface area contributed by atoms with Gasteiger partial charge < -0.3 is 14.9 Å². The Morgan fingerprint density at radius 2 is 2.45 bits per heavy atom. The summed E-state index contributed by atoms with van der Waals surface area (Å²) < 4.78 is 34.8. The van der Waals surface area contributed by atoms with Crippen LogP contribution in [0.2, 0.25) is 0 Å². The average Bonchev–Trinajstić information content (AvgIpc) is 2.63. The number of rotatable bonds is 2. The number of aromatic amines is 1. The quantitative estimate of drug-likeness (QED) is 0.537. The van der Waals surface area contributed by atoms with E-state index in [4.69, 9.17) is 7.48 Å². The Labute approximate surface area is 114 Å². The van der Waals surface area contributed by atoms with Crippen molar-refractivity contribution >= 4 is 0 Å². The summed E-state index contributed by atoms with van der Waals surface area (Å²) in [6.45, 7) is -1.82. The van der Waals surface area contributed by atoms with Crippen molar-refractivity contribution in [1.29, 1.82) is 0 Å². The molecule has 1 unspecified atom stereocenters. The first-order valence-electron chi connectivity index (χ1n) is 6.47. The number of halogens is 1. The number of aliphatic hydroxyl groups is 2. The van der Waals surface area contributed by atoms with Gasteiger partial charge in [0.05, 0.1) is 9.30 Å². The van der Waals surface area contributed by atoms with Crippen LogP contribution in [0.5, 0.6) is 0 Å². The molecular weight excluding hydrogens is 273 g/mol. The van der Waals surface area contributed by atoms with E-state index in [0.29, 0.717) is 10.9 Å². The van der Waals surface area contributed by atoms with Crippen molar-refractivity contribution in [3.8, 4) is 11.8 Å². The maximum atomic E-state index is 15.0. The number of nitrogens with zero attached hydrogens (tertiary/aromatic N) is 2. The van der Waals surface area contributed by atoms with Crippen molar-refractivity contribution in [2.24, 2.45) is 0 Å². The predicted molar refractivity (Wildman–Crippen MR) is 63.4 cm³/mol. The number of aliphatic hydroxyl groups excluding tert-OH is 1. The number of nitrogens with one attached hydrogen (secondary N) is 1. The zero-order valence-corrected chi connectivity index (χ0v) is 10.2. The molecule has 0 saturated carbocycles. The second kappa shape index (κ2) is 5.16. The molecule has 3 N–H and O–H groups in total. The molecule has 0 radical (unpaired) electrons. The van der Waals surface area contributed by atoms with Crippen molar-refractivity contribution < 1.29 is 22.1 Å². The molecule has 20 heavy (non-hydrogen) atoms. The van der Waals surface area contributed by atoms with Crippen LogP contribution >= 0.6 is 0 Å². The van der Waals surface area contributed by atoms with E-state index < -0.39 is 42.0 Å². The molecule has 1 aliphatic rings. The van der Waals surface area contributed by atoms with Gasteiger partial charge in [0.25, 0.3) is 0 Å². The molecule has 1 saturated heterocycles. The fourth-order valence-corrected chi connectivity index (χ4v) is 1.90. The zero-order valence-electron chi connectivity index (χ0n) is 12.2. The van der Waals surface area contributed by atoms with Crippen LogP contribution in [0.1, 0.15) is 15.9 Å². The number of hydrogen-bond donors (Lipinski definition) is 3. The third kappa shape index (κ3) is 2.14. The Bertz CT molecular complexity index is 749. The van der Waals surface area contributed by atoms with Gasteiger partial charge in [-0.25, -0.2) is 14.0 Å². The van der Waals surface area contributed by atoms with Gasteiger partial charge in [-0.2, -0.15) is 4.98 Å². The largest absolute Gasteiger partial charge is 0.394 e. The number of ether oxygens (including phenoxy) is 1. The number of alkyl halides is 1. The third-order valence-corrected chi connectivity index (χ3v) is 2.80. The molecule has 4 atom stereocenters. The molecule has 2 rings (SSSR count). The van der Waals surface area contributed by atoms with Crippen LogP contribution in [0.4, 0.5) is 4.39 Å². The first-order valence-corrected chi connectivity index (χ1v) is 5.47. The lowest BCUT2D eigenvalue weighted by Crippen LogP contribution is -2.45. The molecule has 0 amide bonds. The highest BCUT2D eigenvalue weighted by Crippen LogP contribution is 2.40. The first kappa shape index (κ1) is 11.8. The van der Waals surface area contributed by atoms with E-state index in [9.17, 15) is 19.8 Å². The molecule has 1 aromatic rings. The number of H-pyrrole nitrogens is 1. The van der Waals surface area contributed by atoms with Crippen LogP contribution < -0.4 is 11.4 Å². The Kier molecular flexibility index (Phi) is 3.04. The highest BCUT2D eigenvalue weighted by atomic mass is 19.1. The standard InChI is InChI=1S/C11H12FN3O5/c1-2-3-11(12)7(17)6(4-16)20-8(11)15-5-13-9(18)14-10(15)19/h5-8,16-17H,4H2,1H3,(H,14,18,19)/t6-,7+,8-,11?/m1/s1/i4D2. The highest BCUT2D eigenvalue weighted by molar-refractivity contribution is 5.22. The second-order valence-electron chi connectivity index (χ2n) is 4.01. The predicted octanol–water partition coefficient (Wildman–Crippen LogP) is -2.09. The van der Waals surface area contributed by atoms with E-state index in [-0.39, 0.29) is 0 Å². The van der Waals surface area contributed by atoms with Crippen LogP contribution in [0.3, 0.4) is 0 Å². The van der Waals surface area contributed by atoms with Crippen molar-refractivity contribution in [2.75, 3.05) is 6.56 Å². The van der Waals surface area contributed by atoms with E-state index in [1.54, 1.807) is 4.98 Å². The van der Waals surface area contributed by atoms with Crippen molar-refractivity contribution in [3.05, 3.63) is 27.3 Å². The smallest absolute Gasteiger partial charge is 0.350 e. The summed E-state index contributed by atoms with van der Waals surface area (Å²) >= 11 is 0. The van der Waals surface area contributed by atoms with Crippen LogP contribution in [-0.4, -0.2) is 49.2 Å². The van der Waals surface area contributed by atoms with Gasteiger partial charge in [-0.15, -0.1) is 5.92 Å². The summed E-state index contributed by atoms with van der Waals surface area (Å²) in [5, 5.41) is 19.3. The topological polar surface area (TPSA) is 117 Å². The maximum Gasteiger partial charge on any atom is 0.350 e. The molecule has 9 heteroatoms. The van der Waals surface area contributed by atoms with Crippen LogP contribution in [0.25, 0.3) is 0 Å². The van der Waals surface area contributed by atoms with Gasteiger partial charge in [0, 0.05) is 0 Å². The summed E-state index contributed by atoms with van der Waals surface area (Å²) in [5.74, 6) is 4.22. The molecule has 0 bridgehead atoms. The van der Waals surface area contributed by atoms with E-state index in [2.05, 4.69) is 10.9 Å². The van der Waals surface area contributed by atoms with Crippen molar-refractivity contribution in [2.45, 2.75) is 31.0 Å². The molecule has 108 valence electrons. The maximum absolute atomic E-state index is 15.0. The van der Waals surface area contributed by atoms with Gasteiger partial charge in [-0.1, -0.05) is 5.92 Å². The summed E-state index contributed by atoms with van der Waals surface area (Å²) in [6.07, 6.45) is -5.40. The fourth-order valence-electron chi connectivity index (χ4n) is 1.90. The normalized spacial score (nSPS) is 34.9. The minimum Gasteiger partial charge on any atom is -0.394 e. The zero-order chi connectivity index (χ0) is 16.7. The van der Waals surface area contributed by atoms with Crippen molar-refractivity contribution in [1.82, 2.24) is 14.5 Å². The van der Waals surface area contributed by atoms with E-state index >= 15 is 4.39 Å². The van der Waals surface area contributed by atoms with Gasteiger partial charge in [0.1, 0.15) is 18.5 Å². The van der Waals surface area contributed by atoms with Gasteiger partial charge in [-0.05, 0) is 6.92 Å². The molecule has 1 aliphatic heterocycles. The Balaban J connectivity index is 2.59. The van der Waals surface area contributed by atoms with Gasteiger partial charge in [0.2, 0.25) is 5.67 Å². The van der Waals surface area contributed by atoms with Gasteiger partial charge in [0.15, 0.2) is 6.23 Å².